The number of amides is 1. The van der Waals surface area contributed by atoms with Crippen molar-refractivity contribution in [2.75, 3.05) is 27.2 Å². The summed E-state index contributed by atoms with van der Waals surface area (Å²) in [6, 6.07) is 7.90. The Kier molecular flexibility index (Phi) is 5.96. The van der Waals surface area contributed by atoms with E-state index in [-0.39, 0.29) is 5.91 Å². The van der Waals surface area contributed by atoms with Gasteiger partial charge in [0.2, 0.25) is 0 Å². The number of carbonyl (C=O) groups excluding carboxylic acids is 1. The van der Waals surface area contributed by atoms with E-state index in [1.807, 2.05) is 28.8 Å². The number of carbonyl (C=O) groups is 1. The van der Waals surface area contributed by atoms with Crippen LogP contribution in [-0.4, -0.2) is 51.9 Å². The Bertz CT molecular complexity index is 908. The number of hydrogen-bond donors (Lipinski definition) is 1. The average Bonchev–Trinajstić information content (AvgIpc) is 3.28. The monoisotopic (exact) mass is 367 g/mol. The minimum absolute atomic E-state index is 0.114. The molecule has 3 rings (SSSR count). The first-order chi connectivity index (χ1) is 13.0. The lowest BCUT2D eigenvalue weighted by Crippen LogP contribution is -2.28. The number of aromatic nitrogens is 3. The summed E-state index contributed by atoms with van der Waals surface area (Å²) in [5.41, 5.74) is 2.32. The molecule has 0 aromatic carbocycles. The smallest absolute Gasteiger partial charge is 0.272 e. The van der Waals surface area contributed by atoms with Crippen molar-refractivity contribution in [2.45, 2.75) is 26.8 Å². The number of rotatable bonds is 8. The van der Waals surface area contributed by atoms with E-state index in [4.69, 9.17) is 4.98 Å². The van der Waals surface area contributed by atoms with E-state index in [0.717, 1.165) is 36.4 Å². The highest BCUT2D eigenvalue weighted by molar-refractivity contribution is 6.00. The fourth-order valence-electron chi connectivity index (χ4n) is 2.93. The summed E-state index contributed by atoms with van der Waals surface area (Å²) in [5.74, 6) is 1.13. The van der Waals surface area contributed by atoms with Crippen molar-refractivity contribution < 1.29 is 4.79 Å². The van der Waals surface area contributed by atoms with Crippen molar-refractivity contribution in [3.63, 3.8) is 0 Å². The molecule has 0 fully saturated rings. The maximum absolute atomic E-state index is 12.7. The van der Waals surface area contributed by atoms with Crippen LogP contribution in [0.25, 0.3) is 16.9 Å². The maximum atomic E-state index is 12.7. The summed E-state index contributed by atoms with van der Waals surface area (Å²) >= 11 is 0. The summed E-state index contributed by atoms with van der Waals surface area (Å²) in [5, 5.41) is 3.02. The SMILES string of the molecule is CC[C@H](C)CNC(=O)c1nc(-c2ccn(CCN(C)C)c2)n2ccccc12. The predicted octanol–water partition coefficient (Wildman–Crippen LogP) is 3.14. The summed E-state index contributed by atoms with van der Waals surface area (Å²) in [4.78, 5) is 19.6. The molecule has 1 N–H and O–H groups in total. The van der Waals surface area contributed by atoms with Crippen LogP contribution in [0.2, 0.25) is 0 Å². The van der Waals surface area contributed by atoms with Crippen LogP contribution < -0.4 is 5.32 Å². The van der Waals surface area contributed by atoms with Gasteiger partial charge in [-0.25, -0.2) is 4.98 Å². The van der Waals surface area contributed by atoms with Crippen LogP contribution in [-0.2, 0) is 6.54 Å². The first kappa shape index (κ1) is 19.2. The normalized spacial score (nSPS) is 12.6. The highest BCUT2D eigenvalue weighted by Crippen LogP contribution is 2.23. The molecule has 0 bridgehead atoms. The van der Waals surface area contributed by atoms with Gasteiger partial charge in [0, 0.05) is 43.8 Å². The Labute approximate surface area is 160 Å². The molecule has 3 heterocycles. The zero-order chi connectivity index (χ0) is 19.4. The average molecular weight is 367 g/mol. The quantitative estimate of drug-likeness (QED) is 0.665. The number of fused-ring (bicyclic) bond motifs is 1. The molecule has 0 unspecified atom stereocenters. The largest absolute Gasteiger partial charge is 0.352 e. The number of hydrogen-bond acceptors (Lipinski definition) is 3. The molecule has 1 atom stereocenters. The van der Waals surface area contributed by atoms with Crippen LogP contribution in [0.5, 0.6) is 0 Å². The topological polar surface area (TPSA) is 54.6 Å². The lowest BCUT2D eigenvalue weighted by Gasteiger charge is -2.09. The van der Waals surface area contributed by atoms with Crippen LogP contribution in [0, 0.1) is 5.92 Å². The van der Waals surface area contributed by atoms with Gasteiger partial charge < -0.3 is 14.8 Å². The van der Waals surface area contributed by atoms with Crippen molar-refractivity contribution in [1.82, 2.24) is 24.2 Å². The van der Waals surface area contributed by atoms with Crippen LogP contribution >= 0.6 is 0 Å². The van der Waals surface area contributed by atoms with E-state index in [9.17, 15) is 4.79 Å². The molecule has 3 aromatic heterocycles. The third-order valence-corrected chi connectivity index (χ3v) is 4.89. The Morgan fingerprint density at radius 1 is 1.26 bits per heavy atom. The Balaban J connectivity index is 1.90. The molecular formula is C21H29N5O. The molecule has 6 nitrogen and oxygen atoms in total. The summed E-state index contributed by atoms with van der Waals surface area (Å²) in [7, 11) is 4.13. The van der Waals surface area contributed by atoms with Gasteiger partial charge >= 0.3 is 0 Å². The standard InChI is InChI=1S/C21H29N5O/c1-5-16(2)14-22-21(27)19-18-8-6-7-10-26(18)20(23-19)17-9-11-25(15-17)13-12-24(3)4/h6-11,15-16H,5,12-14H2,1-4H3,(H,22,27)/t16-/m0/s1. The maximum Gasteiger partial charge on any atom is 0.272 e. The van der Waals surface area contributed by atoms with Crippen molar-refractivity contribution in [3.8, 4) is 11.4 Å². The van der Waals surface area contributed by atoms with Gasteiger partial charge in [0.1, 0.15) is 5.82 Å². The first-order valence-electron chi connectivity index (χ1n) is 9.55. The molecule has 0 saturated carbocycles. The van der Waals surface area contributed by atoms with Crippen molar-refractivity contribution in [1.29, 1.82) is 0 Å². The van der Waals surface area contributed by atoms with Gasteiger partial charge in [-0.1, -0.05) is 26.3 Å². The lowest BCUT2D eigenvalue weighted by molar-refractivity contribution is 0.0945. The third kappa shape index (κ3) is 4.39. The molecule has 27 heavy (non-hydrogen) atoms. The molecule has 0 aliphatic carbocycles. The molecular weight excluding hydrogens is 338 g/mol. The minimum Gasteiger partial charge on any atom is -0.352 e. The van der Waals surface area contributed by atoms with E-state index in [1.54, 1.807) is 0 Å². The van der Waals surface area contributed by atoms with Crippen molar-refractivity contribution in [3.05, 3.63) is 48.5 Å². The van der Waals surface area contributed by atoms with Crippen molar-refractivity contribution >= 4 is 11.4 Å². The van der Waals surface area contributed by atoms with E-state index < -0.39 is 0 Å². The number of likely N-dealkylation sites (N-methyl/N-ethyl adjacent to an activating group) is 1. The molecule has 0 aliphatic rings. The second-order valence-electron chi connectivity index (χ2n) is 7.40. The fourth-order valence-corrected chi connectivity index (χ4v) is 2.93. The molecule has 1 amide bonds. The molecule has 0 aliphatic heterocycles. The Hall–Kier alpha value is -2.60. The minimum atomic E-state index is -0.114. The highest BCUT2D eigenvalue weighted by atomic mass is 16.1. The third-order valence-electron chi connectivity index (χ3n) is 4.89. The Morgan fingerprint density at radius 2 is 2.07 bits per heavy atom. The molecule has 3 aromatic rings. The van der Waals surface area contributed by atoms with E-state index in [0.29, 0.717) is 18.2 Å². The van der Waals surface area contributed by atoms with Gasteiger partial charge in [0.05, 0.1) is 5.52 Å². The van der Waals surface area contributed by atoms with Crippen LogP contribution in [0.15, 0.2) is 42.9 Å². The van der Waals surface area contributed by atoms with E-state index in [2.05, 4.69) is 61.2 Å². The van der Waals surface area contributed by atoms with Crippen molar-refractivity contribution in [2.24, 2.45) is 5.92 Å². The van der Waals surface area contributed by atoms with Gasteiger partial charge in [0.25, 0.3) is 5.91 Å². The zero-order valence-electron chi connectivity index (χ0n) is 16.6. The second kappa shape index (κ2) is 8.39. The molecule has 0 saturated heterocycles. The van der Waals surface area contributed by atoms with Crippen LogP contribution in [0.4, 0.5) is 0 Å². The molecule has 6 heteroatoms. The number of pyridine rings is 1. The summed E-state index contributed by atoms with van der Waals surface area (Å²) in [6.07, 6.45) is 7.15. The number of nitrogens with zero attached hydrogens (tertiary/aromatic N) is 4. The van der Waals surface area contributed by atoms with Crippen LogP contribution in [0.3, 0.4) is 0 Å². The first-order valence-corrected chi connectivity index (χ1v) is 9.55. The van der Waals surface area contributed by atoms with Gasteiger partial charge in [-0.05, 0) is 38.2 Å². The van der Waals surface area contributed by atoms with Crippen LogP contribution in [0.1, 0.15) is 30.8 Å². The zero-order valence-corrected chi connectivity index (χ0v) is 16.6. The Morgan fingerprint density at radius 3 is 2.81 bits per heavy atom. The summed E-state index contributed by atoms with van der Waals surface area (Å²) < 4.78 is 4.14. The van der Waals surface area contributed by atoms with E-state index in [1.165, 1.54) is 0 Å². The molecule has 0 spiro atoms. The fraction of sp³-hybridized carbons (Fsp3) is 0.429. The molecule has 0 radical (unpaired) electrons. The van der Waals surface area contributed by atoms with Gasteiger partial charge in [0.15, 0.2) is 5.69 Å². The van der Waals surface area contributed by atoms with Gasteiger partial charge in [-0.2, -0.15) is 0 Å². The number of imidazole rings is 1. The second-order valence-corrected chi connectivity index (χ2v) is 7.40. The predicted molar refractivity (Wildman–Crippen MR) is 109 cm³/mol. The molecule has 144 valence electrons. The highest BCUT2D eigenvalue weighted by Gasteiger charge is 2.19. The van der Waals surface area contributed by atoms with E-state index >= 15 is 0 Å². The van der Waals surface area contributed by atoms with Gasteiger partial charge in [-0.15, -0.1) is 0 Å². The number of nitrogens with one attached hydrogen (secondary N) is 1. The lowest BCUT2D eigenvalue weighted by atomic mass is 10.1. The van der Waals surface area contributed by atoms with Gasteiger partial charge in [-0.3, -0.25) is 9.20 Å². The summed E-state index contributed by atoms with van der Waals surface area (Å²) in [6.45, 7) is 6.81.